The minimum atomic E-state index is -0.312. The van der Waals surface area contributed by atoms with Gasteiger partial charge in [0.25, 0.3) is 5.91 Å². The van der Waals surface area contributed by atoms with Gasteiger partial charge in [-0.2, -0.15) is 0 Å². The van der Waals surface area contributed by atoms with Crippen LogP contribution in [-0.2, 0) is 4.74 Å². The molecule has 3 aliphatic rings. The van der Waals surface area contributed by atoms with Crippen LogP contribution in [0, 0.1) is 5.41 Å². The molecule has 0 bridgehead atoms. The highest BCUT2D eigenvalue weighted by molar-refractivity contribution is 5.93. The van der Waals surface area contributed by atoms with Gasteiger partial charge in [0, 0.05) is 43.7 Å². The molecule has 2 aliphatic carbocycles. The highest BCUT2D eigenvalue weighted by Crippen LogP contribution is 2.51. The second kappa shape index (κ2) is 6.17. The SMILES string of the molecule is NCCO[C@H]1C[C@@H](O)C12CCN(C(=O)c1cccn1C1CC1)CC2. The van der Waals surface area contributed by atoms with Crippen LogP contribution in [0.2, 0.25) is 0 Å². The molecular weight excluding hydrogens is 306 g/mol. The Bertz CT molecular complexity index is 602. The molecule has 1 aliphatic heterocycles. The monoisotopic (exact) mass is 333 g/mol. The number of carbonyl (C=O) groups is 1. The van der Waals surface area contributed by atoms with Gasteiger partial charge in [-0.15, -0.1) is 0 Å². The van der Waals surface area contributed by atoms with Crippen LogP contribution in [0.25, 0.3) is 0 Å². The van der Waals surface area contributed by atoms with E-state index in [0.29, 0.717) is 38.7 Å². The molecule has 0 aromatic carbocycles. The molecule has 1 amide bonds. The molecule has 4 rings (SSSR count). The van der Waals surface area contributed by atoms with E-state index in [1.165, 1.54) is 12.8 Å². The van der Waals surface area contributed by atoms with E-state index in [1.54, 1.807) is 0 Å². The van der Waals surface area contributed by atoms with Crippen molar-refractivity contribution in [1.82, 2.24) is 9.47 Å². The van der Waals surface area contributed by atoms with Crippen LogP contribution >= 0.6 is 0 Å². The van der Waals surface area contributed by atoms with Gasteiger partial charge in [-0.05, 0) is 37.8 Å². The minimum Gasteiger partial charge on any atom is -0.392 e. The lowest BCUT2D eigenvalue weighted by molar-refractivity contribution is -0.208. The average molecular weight is 333 g/mol. The third-order valence-electron chi connectivity index (χ3n) is 6.10. The Morgan fingerprint density at radius 2 is 2.12 bits per heavy atom. The Morgan fingerprint density at radius 1 is 1.38 bits per heavy atom. The van der Waals surface area contributed by atoms with Gasteiger partial charge < -0.3 is 25.0 Å². The number of aromatic nitrogens is 1. The van der Waals surface area contributed by atoms with Crippen LogP contribution in [0.3, 0.4) is 0 Å². The minimum absolute atomic E-state index is 0.0867. The Balaban J connectivity index is 1.40. The summed E-state index contributed by atoms with van der Waals surface area (Å²) in [5.41, 5.74) is 6.15. The summed E-state index contributed by atoms with van der Waals surface area (Å²) >= 11 is 0. The zero-order valence-electron chi connectivity index (χ0n) is 14.1. The fraction of sp³-hybridized carbons (Fsp3) is 0.722. The summed E-state index contributed by atoms with van der Waals surface area (Å²) in [6.07, 6.45) is 6.44. The summed E-state index contributed by atoms with van der Waals surface area (Å²) in [5, 5.41) is 10.3. The molecule has 3 fully saturated rings. The van der Waals surface area contributed by atoms with Crippen molar-refractivity contribution < 1.29 is 14.6 Å². The van der Waals surface area contributed by atoms with Crippen molar-refractivity contribution in [3.05, 3.63) is 24.0 Å². The van der Waals surface area contributed by atoms with Gasteiger partial charge in [0.15, 0.2) is 0 Å². The van der Waals surface area contributed by atoms with E-state index in [1.807, 2.05) is 23.2 Å². The number of aliphatic hydroxyl groups is 1. The number of amides is 1. The van der Waals surface area contributed by atoms with Crippen LogP contribution in [0.15, 0.2) is 18.3 Å². The summed E-state index contributed by atoms with van der Waals surface area (Å²) < 4.78 is 7.95. The maximum atomic E-state index is 12.9. The van der Waals surface area contributed by atoms with Crippen molar-refractivity contribution in [3.8, 4) is 0 Å². The summed E-state index contributed by atoms with van der Waals surface area (Å²) in [6, 6.07) is 4.40. The van der Waals surface area contributed by atoms with E-state index in [2.05, 4.69) is 4.57 Å². The Hall–Kier alpha value is -1.37. The summed E-state index contributed by atoms with van der Waals surface area (Å²) in [5.74, 6) is 0.120. The first kappa shape index (κ1) is 16.1. The largest absolute Gasteiger partial charge is 0.392 e. The molecule has 1 aromatic rings. The first-order valence-corrected chi connectivity index (χ1v) is 9.11. The number of rotatable bonds is 5. The summed E-state index contributed by atoms with van der Waals surface area (Å²) in [7, 11) is 0. The number of aliphatic hydroxyl groups excluding tert-OH is 1. The highest BCUT2D eigenvalue weighted by atomic mass is 16.5. The third-order valence-corrected chi connectivity index (χ3v) is 6.10. The molecule has 132 valence electrons. The standard InChI is InChI=1S/C18H27N3O3/c19-7-11-24-16-12-15(22)18(16)5-9-20(10-6-18)17(23)14-2-1-8-21(14)13-3-4-13/h1-2,8,13,15-16,22H,3-7,9-12,19H2/t15-,16+/m1/s1. The molecule has 0 radical (unpaired) electrons. The maximum absolute atomic E-state index is 12.9. The first-order valence-electron chi connectivity index (χ1n) is 9.11. The molecule has 24 heavy (non-hydrogen) atoms. The predicted octanol–water partition coefficient (Wildman–Crippen LogP) is 1.15. The second-order valence-corrected chi connectivity index (χ2v) is 7.46. The fourth-order valence-corrected chi connectivity index (χ4v) is 4.36. The van der Waals surface area contributed by atoms with Crippen LogP contribution in [0.4, 0.5) is 0 Å². The number of nitrogens with zero attached hydrogens (tertiary/aromatic N) is 2. The second-order valence-electron chi connectivity index (χ2n) is 7.46. The third kappa shape index (κ3) is 2.57. The molecule has 2 heterocycles. The van der Waals surface area contributed by atoms with Gasteiger partial charge in [-0.3, -0.25) is 4.79 Å². The van der Waals surface area contributed by atoms with E-state index in [0.717, 1.165) is 18.5 Å². The quantitative estimate of drug-likeness (QED) is 0.847. The van der Waals surface area contributed by atoms with Crippen molar-refractivity contribution in [3.63, 3.8) is 0 Å². The normalized spacial score (nSPS) is 28.8. The van der Waals surface area contributed by atoms with Crippen molar-refractivity contribution in [2.24, 2.45) is 11.1 Å². The van der Waals surface area contributed by atoms with E-state index < -0.39 is 0 Å². The number of nitrogens with two attached hydrogens (primary N) is 1. The maximum Gasteiger partial charge on any atom is 0.270 e. The predicted molar refractivity (Wildman–Crippen MR) is 89.7 cm³/mol. The molecular formula is C18H27N3O3. The molecule has 6 nitrogen and oxygen atoms in total. The average Bonchev–Trinajstić information content (AvgIpc) is 3.34. The van der Waals surface area contributed by atoms with Gasteiger partial charge in [-0.25, -0.2) is 0 Å². The first-order chi connectivity index (χ1) is 11.7. The van der Waals surface area contributed by atoms with Crippen LogP contribution < -0.4 is 5.73 Å². The van der Waals surface area contributed by atoms with Gasteiger partial charge in [0.1, 0.15) is 5.69 Å². The van der Waals surface area contributed by atoms with Crippen molar-refractivity contribution in [2.75, 3.05) is 26.2 Å². The Morgan fingerprint density at radius 3 is 2.75 bits per heavy atom. The summed E-state index contributed by atoms with van der Waals surface area (Å²) in [4.78, 5) is 14.8. The van der Waals surface area contributed by atoms with Crippen LogP contribution in [0.1, 0.15) is 48.6 Å². The van der Waals surface area contributed by atoms with Gasteiger partial charge >= 0.3 is 0 Å². The van der Waals surface area contributed by atoms with E-state index in [-0.39, 0.29) is 23.5 Å². The van der Waals surface area contributed by atoms with Gasteiger partial charge in [0.05, 0.1) is 18.8 Å². The molecule has 1 spiro atoms. The van der Waals surface area contributed by atoms with Crippen molar-refractivity contribution >= 4 is 5.91 Å². The van der Waals surface area contributed by atoms with E-state index >= 15 is 0 Å². The lowest BCUT2D eigenvalue weighted by atomic mass is 9.58. The van der Waals surface area contributed by atoms with Crippen LogP contribution in [0.5, 0.6) is 0 Å². The lowest BCUT2D eigenvalue weighted by Gasteiger charge is -2.56. The molecule has 0 unspecified atom stereocenters. The highest BCUT2D eigenvalue weighted by Gasteiger charge is 2.56. The number of hydrogen-bond acceptors (Lipinski definition) is 4. The molecule has 6 heteroatoms. The zero-order valence-corrected chi connectivity index (χ0v) is 14.1. The van der Waals surface area contributed by atoms with E-state index in [9.17, 15) is 9.90 Å². The van der Waals surface area contributed by atoms with Gasteiger partial charge in [0.2, 0.25) is 0 Å². The number of carbonyl (C=O) groups excluding carboxylic acids is 1. The zero-order chi connectivity index (χ0) is 16.7. The molecule has 3 N–H and O–H groups in total. The topological polar surface area (TPSA) is 80.7 Å². The molecule has 1 saturated heterocycles. The van der Waals surface area contributed by atoms with E-state index in [4.69, 9.17) is 10.5 Å². The Labute approximate surface area is 142 Å². The molecule has 1 aromatic heterocycles. The van der Waals surface area contributed by atoms with Crippen molar-refractivity contribution in [2.45, 2.75) is 50.4 Å². The number of likely N-dealkylation sites (tertiary alicyclic amines) is 1. The number of ether oxygens (including phenoxy) is 1. The van der Waals surface area contributed by atoms with Crippen molar-refractivity contribution in [1.29, 1.82) is 0 Å². The number of hydrogen-bond donors (Lipinski definition) is 2. The lowest BCUT2D eigenvalue weighted by Crippen LogP contribution is -2.63. The smallest absolute Gasteiger partial charge is 0.270 e. The summed E-state index contributed by atoms with van der Waals surface area (Å²) in [6.45, 7) is 2.42. The Kier molecular flexibility index (Phi) is 4.14. The fourth-order valence-electron chi connectivity index (χ4n) is 4.36. The molecule has 2 atom stereocenters. The van der Waals surface area contributed by atoms with Crippen LogP contribution in [-0.4, -0.2) is 58.9 Å². The number of piperidine rings is 1. The molecule has 2 saturated carbocycles. The van der Waals surface area contributed by atoms with Gasteiger partial charge in [-0.1, -0.05) is 0 Å².